The van der Waals surface area contributed by atoms with Crippen molar-refractivity contribution in [1.82, 2.24) is 29.5 Å². The summed E-state index contributed by atoms with van der Waals surface area (Å²) in [6.07, 6.45) is 3.63. The minimum Gasteiger partial charge on any atom is -0.305 e. The van der Waals surface area contributed by atoms with Gasteiger partial charge in [-0.3, -0.25) is 4.57 Å². The second kappa shape index (κ2) is 19.4. The average molecular weight is 1100 g/mol. The molecule has 0 atom stereocenters. The number of pyridine rings is 2. The topological polar surface area (TPSA) is 69.4 Å². The number of hydrogen-bond donors (Lipinski definition) is 0. The summed E-state index contributed by atoms with van der Waals surface area (Å²) in [5.41, 5.74) is 18.7. The molecule has 0 saturated heterocycles. The zero-order valence-electron chi connectivity index (χ0n) is 39.9. The van der Waals surface area contributed by atoms with E-state index in [0.717, 1.165) is 77.7 Å². The molecule has 0 fully saturated rings. The molecule has 0 N–H and O–H groups in total. The third kappa shape index (κ3) is 8.53. The van der Waals surface area contributed by atoms with Crippen molar-refractivity contribution >= 4 is 21.8 Å². The molecule has 0 bridgehead atoms. The Bertz CT molecular complexity index is 3850. The summed E-state index contributed by atoms with van der Waals surface area (Å²) < 4.78 is 2.24. The third-order valence-corrected chi connectivity index (χ3v) is 13.6. The summed E-state index contributed by atoms with van der Waals surface area (Å²) in [4.78, 5) is 24.4. The first-order chi connectivity index (χ1) is 34.9. The van der Waals surface area contributed by atoms with E-state index in [2.05, 4.69) is 169 Å². The van der Waals surface area contributed by atoms with Crippen molar-refractivity contribution in [2.75, 3.05) is 0 Å². The largest absolute Gasteiger partial charge is 0.305 e. The summed E-state index contributed by atoms with van der Waals surface area (Å²) >= 11 is 0. The molecule has 4 heterocycles. The molecule has 0 aliphatic heterocycles. The van der Waals surface area contributed by atoms with E-state index < -0.39 is 0 Å². The smallest absolute Gasteiger partial charge is 0.238 e. The minimum atomic E-state index is -0.178. The number of hydrogen-bond acceptors (Lipinski definition) is 5. The van der Waals surface area contributed by atoms with Gasteiger partial charge in [0.15, 0.2) is 11.6 Å². The van der Waals surface area contributed by atoms with Crippen molar-refractivity contribution in [3.63, 3.8) is 0 Å². The maximum Gasteiger partial charge on any atom is 0.238 e. The predicted octanol–water partition coefficient (Wildman–Crippen LogP) is 15.7. The molecular weight excluding hydrogens is 1060 g/mol. The van der Waals surface area contributed by atoms with Gasteiger partial charge in [0, 0.05) is 59.8 Å². The number of fused-ring (bicyclic) bond motifs is 6. The van der Waals surface area contributed by atoms with Gasteiger partial charge >= 0.3 is 0 Å². The molecule has 8 aromatic carbocycles. The van der Waals surface area contributed by atoms with Gasteiger partial charge in [-0.05, 0) is 99.7 Å². The first kappa shape index (κ1) is 45.9. The van der Waals surface area contributed by atoms with Crippen LogP contribution in [0.3, 0.4) is 0 Å². The Hall–Kier alpha value is -8.48. The monoisotopic (exact) mass is 1100 g/mol. The molecule has 0 spiro atoms. The molecule has 4 aromatic heterocycles. The molecule has 0 unspecified atom stereocenters. The summed E-state index contributed by atoms with van der Waals surface area (Å²) in [5.74, 6) is 1.85. The Morgan fingerprint density at radius 1 is 0.431 bits per heavy atom. The van der Waals surface area contributed by atoms with Crippen molar-refractivity contribution in [2.45, 2.75) is 26.2 Å². The van der Waals surface area contributed by atoms with Crippen LogP contribution < -0.4 is 0 Å². The molecular formula is C65H46IrN6-2. The first-order valence-electron chi connectivity index (χ1n) is 23.9. The maximum absolute atomic E-state index is 5.23. The minimum absolute atomic E-state index is 0. The number of benzene rings is 8. The van der Waals surface area contributed by atoms with Crippen LogP contribution in [0.25, 0.3) is 106 Å². The predicted molar refractivity (Wildman–Crippen MR) is 289 cm³/mol. The van der Waals surface area contributed by atoms with Crippen molar-refractivity contribution in [3.05, 3.63) is 254 Å². The summed E-state index contributed by atoms with van der Waals surface area (Å²) in [6, 6.07) is 80.2. The van der Waals surface area contributed by atoms with Crippen molar-refractivity contribution in [3.8, 4) is 84.6 Å². The first-order valence-corrected chi connectivity index (χ1v) is 23.9. The van der Waals surface area contributed by atoms with Crippen LogP contribution in [-0.2, 0) is 25.5 Å². The standard InChI is InChI=1S/C53H36N5.C12H10N.Ir/c1-53(2)45-24-10-9-23-41(45)42-32-44-43-31-39(37-20-13-19-36(29-37)38-21-14-22-40(30-38)47-25-11-12-28-54-47)26-27-48(43)58(49(44)33-46(42)53)52-56-50(34-15-5-3-6-16-34)55-51(57-52)35-17-7-4-8-18-35;1-10-6-5-9-13-12(10)11-7-3-2-4-8-11;/h3-21,23-33H,1-2H3;2-7,9H,1H3;/q2*-1;. The fourth-order valence-electron chi connectivity index (χ4n) is 10.0. The van der Waals surface area contributed by atoms with E-state index in [9.17, 15) is 0 Å². The van der Waals surface area contributed by atoms with Crippen LogP contribution in [0, 0.1) is 19.1 Å². The van der Waals surface area contributed by atoms with Crippen LogP contribution in [-0.4, -0.2) is 29.5 Å². The molecule has 7 heteroatoms. The van der Waals surface area contributed by atoms with E-state index in [-0.39, 0.29) is 25.5 Å². The van der Waals surface area contributed by atoms with Crippen LogP contribution in [0.5, 0.6) is 0 Å². The molecule has 72 heavy (non-hydrogen) atoms. The molecule has 12 aromatic rings. The maximum atomic E-state index is 5.23. The van der Waals surface area contributed by atoms with Crippen LogP contribution in [0.2, 0.25) is 0 Å². The third-order valence-electron chi connectivity index (χ3n) is 13.6. The Balaban J connectivity index is 0.000000348. The van der Waals surface area contributed by atoms with E-state index in [1.54, 1.807) is 0 Å². The van der Waals surface area contributed by atoms with Crippen LogP contribution in [0.1, 0.15) is 30.5 Å². The number of nitrogens with zero attached hydrogens (tertiary/aromatic N) is 6. The fourth-order valence-corrected chi connectivity index (χ4v) is 10.0. The summed E-state index contributed by atoms with van der Waals surface area (Å²) in [7, 11) is 0. The van der Waals surface area contributed by atoms with Gasteiger partial charge in [-0.2, -0.15) is 9.97 Å². The summed E-state index contributed by atoms with van der Waals surface area (Å²) in [6.45, 7) is 6.72. The molecule has 1 radical (unpaired) electrons. The molecule has 0 amide bonds. The van der Waals surface area contributed by atoms with Crippen molar-refractivity contribution < 1.29 is 20.1 Å². The van der Waals surface area contributed by atoms with Gasteiger partial charge in [-0.15, -0.1) is 71.3 Å². The zero-order chi connectivity index (χ0) is 47.9. The number of aromatic nitrogens is 6. The van der Waals surface area contributed by atoms with Crippen LogP contribution in [0.15, 0.2) is 225 Å². The van der Waals surface area contributed by atoms with Crippen molar-refractivity contribution in [2.24, 2.45) is 0 Å². The van der Waals surface area contributed by atoms with E-state index in [1.165, 1.54) is 27.8 Å². The molecule has 6 nitrogen and oxygen atoms in total. The quantitative estimate of drug-likeness (QED) is 0.149. The van der Waals surface area contributed by atoms with E-state index in [4.69, 9.17) is 15.0 Å². The zero-order valence-corrected chi connectivity index (χ0v) is 42.3. The van der Waals surface area contributed by atoms with Gasteiger partial charge in [0.05, 0.1) is 11.0 Å². The fraction of sp³-hybridized carbons (Fsp3) is 0.0615. The average Bonchev–Trinajstić information content (AvgIpc) is 3.88. The number of rotatable bonds is 7. The van der Waals surface area contributed by atoms with Gasteiger partial charge in [-0.25, -0.2) is 4.98 Å². The SMILES string of the molecule is CC1(C)c2ccccc2-c2cc3c4cc(-c5cccc(-c6cc[c-]c(-c7ccccn7)c6)c5)ccc4n(-c4nc(-c5ccccc5)nc(-c5ccccc5)n4)c3cc21.Cc1cccnc1-c1[c-]cccc1.[Ir]. The van der Waals surface area contributed by atoms with E-state index in [1.807, 2.05) is 103 Å². The normalized spacial score (nSPS) is 12.1. The molecule has 0 saturated carbocycles. The van der Waals surface area contributed by atoms with E-state index in [0.29, 0.717) is 17.6 Å². The second-order valence-electron chi connectivity index (χ2n) is 18.4. The second-order valence-corrected chi connectivity index (χ2v) is 18.4. The molecule has 1 aliphatic rings. The Kier molecular flexibility index (Phi) is 12.4. The summed E-state index contributed by atoms with van der Waals surface area (Å²) in [5, 5.41) is 2.29. The van der Waals surface area contributed by atoms with Gasteiger partial charge in [0.25, 0.3) is 0 Å². The van der Waals surface area contributed by atoms with Gasteiger partial charge in [-0.1, -0.05) is 147 Å². The van der Waals surface area contributed by atoms with Gasteiger partial charge < -0.3 is 9.97 Å². The number of aryl methyl sites for hydroxylation is 1. The van der Waals surface area contributed by atoms with Crippen molar-refractivity contribution in [1.29, 1.82) is 0 Å². The molecule has 347 valence electrons. The van der Waals surface area contributed by atoms with Gasteiger partial charge in [0.2, 0.25) is 5.95 Å². The molecule has 13 rings (SSSR count). The Morgan fingerprint density at radius 2 is 1.07 bits per heavy atom. The van der Waals surface area contributed by atoms with E-state index >= 15 is 0 Å². The Labute approximate surface area is 433 Å². The van der Waals surface area contributed by atoms with Crippen LogP contribution >= 0.6 is 0 Å². The Morgan fingerprint density at radius 3 is 1.78 bits per heavy atom. The van der Waals surface area contributed by atoms with Crippen LogP contribution in [0.4, 0.5) is 0 Å². The van der Waals surface area contributed by atoms with Gasteiger partial charge in [0.1, 0.15) is 0 Å². The molecule has 1 aliphatic carbocycles.